The molecule has 0 unspecified atom stereocenters. The molecule has 8 heterocycles. The number of carboxylic acids is 2. The third kappa shape index (κ3) is 14.7. The number of nitrogens with one attached hydrogen (secondary N) is 2. The minimum absolute atomic E-state index is 0.0496. The highest BCUT2D eigenvalue weighted by Crippen LogP contribution is 2.39. The number of ketones is 1. The smallest absolute Gasteiger partial charge is 0.336 e. The largest absolute Gasteiger partial charge is 0.478 e. The first kappa shape index (κ1) is 82.9. The molecular weight excluding hydrogens is 1630 g/mol. The third-order valence-corrected chi connectivity index (χ3v) is 22.6. The van der Waals surface area contributed by atoms with Gasteiger partial charge in [0.05, 0.1) is 139 Å². The van der Waals surface area contributed by atoms with Crippen molar-refractivity contribution < 1.29 is 48.5 Å². The van der Waals surface area contributed by atoms with Crippen LogP contribution in [0, 0.1) is 55.4 Å². The van der Waals surface area contributed by atoms with E-state index in [1.54, 1.807) is 99.8 Å². The lowest BCUT2D eigenvalue weighted by Gasteiger charge is -2.14. The molecule has 0 spiro atoms. The summed E-state index contributed by atoms with van der Waals surface area (Å²) in [4.78, 5) is 173. The van der Waals surface area contributed by atoms with Crippen LogP contribution in [0.4, 0.5) is 34.1 Å². The van der Waals surface area contributed by atoms with Gasteiger partial charge in [-0.1, -0.05) is 66.2 Å². The monoisotopic (exact) mass is 1700 g/mol. The summed E-state index contributed by atoms with van der Waals surface area (Å²) in [7, 11) is 0. The average molecular weight is 1700 g/mol. The van der Waals surface area contributed by atoms with Crippen molar-refractivity contribution in [3.05, 3.63) is 340 Å². The van der Waals surface area contributed by atoms with E-state index in [0.717, 1.165) is 110 Å². The zero-order valence-electron chi connectivity index (χ0n) is 69.5. The van der Waals surface area contributed by atoms with E-state index in [1.165, 1.54) is 18.2 Å². The van der Waals surface area contributed by atoms with Crippen LogP contribution < -0.4 is 71.1 Å². The first-order valence-electron chi connectivity index (χ1n) is 39.9. The van der Waals surface area contributed by atoms with Gasteiger partial charge in [0.15, 0.2) is 5.78 Å². The van der Waals surface area contributed by atoms with Gasteiger partial charge in [-0.15, -0.1) is 0 Å². The zero-order chi connectivity index (χ0) is 90.6. The maximum atomic E-state index is 13.3. The highest BCUT2D eigenvalue weighted by molar-refractivity contribution is 6.16. The summed E-state index contributed by atoms with van der Waals surface area (Å²) in [5.41, 5.74) is 40.0. The Labute approximate surface area is 721 Å². The second-order valence-electron chi connectivity index (χ2n) is 31.7. The van der Waals surface area contributed by atoms with Crippen molar-refractivity contribution in [1.82, 2.24) is 37.9 Å². The van der Waals surface area contributed by atoms with Gasteiger partial charge in [-0.25, -0.2) is 33.7 Å². The van der Waals surface area contributed by atoms with E-state index in [1.807, 2.05) is 128 Å². The molecule has 12 N–H and O–H groups in total. The SMILES string of the molecule is Cc1ccc(-n2c(=O)c3cc4c(=O)n(-c5ccc(C)cc5N)c(=O)c4cc3c2=O)c(N)c1.Cc1ccc(CC(=O)c2cc(C(=O)O)c(C(=O)Nc3ccc(C)cc3N)cc2OC=O)c(N)c1.Cc1ccc2c(c1)CC(c1cc(OC=O)c(-c3nc4ccc(C)cc4[nH]3)cc1C(=O)O)=N2.Cc1ccc2nc3c4cc5c(=O)n6c7cc(C)ccc7nc6c5cc4c(=O)n3c2c1. The minimum atomic E-state index is -1.44. The van der Waals surface area contributed by atoms with Crippen molar-refractivity contribution in [1.29, 1.82) is 0 Å². The van der Waals surface area contributed by atoms with E-state index in [2.05, 4.69) is 30.2 Å². The number of aromatic amines is 1. The summed E-state index contributed by atoms with van der Waals surface area (Å²) in [6, 6.07) is 54.9. The number of nitrogen functional groups attached to an aromatic ring is 4. The van der Waals surface area contributed by atoms with E-state index in [-0.39, 0.29) is 108 Å². The number of ether oxygens (including phenoxy) is 2. The summed E-state index contributed by atoms with van der Waals surface area (Å²) in [6.45, 7) is 15.7. The van der Waals surface area contributed by atoms with Gasteiger partial charge in [0.1, 0.15) is 28.6 Å². The number of aromatic nitrogens is 8. The molecule has 632 valence electrons. The Kier molecular flexibility index (Phi) is 20.8. The van der Waals surface area contributed by atoms with Crippen molar-refractivity contribution in [3.63, 3.8) is 0 Å². The number of amides is 1. The van der Waals surface area contributed by atoms with Crippen LogP contribution in [-0.4, -0.2) is 90.4 Å². The number of aliphatic imine (C=N–C) groups is 1. The maximum Gasteiger partial charge on any atom is 0.336 e. The second-order valence-corrected chi connectivity index (χ2v) is 31.7. The van der Waals surface area contributed by atoms with Gasteiger partial charge in [-0.05, 0) is 239 Å². The number of H-pyrrole nitrogens is 1. The molecule has 19 aromatic rings. The molecule has 0 saturated carbocycles. The quantitative estimate of drug-likeness (QED) is 0.0268. The second kappa shape index (κ2) is 32.1. The Bertz CT molecular complexity index is 8120. The van der Waals surface area contributed by atoms with Gasteiger partial charge in [0, 0.05) is 34.9 Å². The lowest BCUT2D eigenvalue weighted by Crippen LogP contribution is -2.25. The van der Waals surface area contributed by atoms with Crippen molar-refractivity contribution in [2.45, 2.75) is 68.2 Å². The van der Waals surface area contributed by atoms with E-state index in [0.29, 0.717) is 79.6 Å². The number of imidazole rings is 3. The number of Topliss-reactive ketones (excluding diaryl/α,β-unsaturated/α-hetero) is 1. The Morgan fingerprint density at radius 2 is 0.867 bits per heavy atom. The summed E-state index contributed by atoms with van der Waals surface area (Å²) in [5.74, 6) is -3.49. The van der Waals surface area contributed by atoms with Crippen molar-refractivity contribution in [2.75, 3.05) is 28.3 Å². The number of nitrogens with zero attached hydrogens (tertiary/aromatic N) is 8. The number of benzene rings is 12. The number of nitrogens with two attached hydrogens (primary N) is 4. The van der Waals surface area contributed by atoms with Crippen LogP contribution in [0.3, 0.4) is 0 Å². The molecule has 1 amide bonds. The fourth-order valence-electron chi connectivity index (χ4n) is 16.4. The molecule has 0 fully saturated rings. The van der Waals surface area contributed by atoms with Crippen molar-refractivity contribution in [2.24, 2.45) is 4.99 Å². The number of hydrogen-bond donors (Lipinski definition) is 8. The van der Waals surface area contributed by atoms with Crippen LogP contribution in [0.15, 0.2) is 228 Å². The van der Waals surface area contributed by atoms with Crippen LogP contribution in [0.1, 0.15) is 103 Å². The van der Waals surface area contributed by atoms with E-state index in [4.69, 9.17) is 32.4 Å². The molecule has 30 nitrogen and oxygen atoms in total. The van der Waals surface area contributed by atoms with Crippen LogP contribution in [-0.2, 0) is 22.4 Å². The lowest BCUT2D eigenvalue weighted by atomic mass is 9.95. The number of anilines is 5. The summed E-state index contributed by atoms with van der Waals surface area (Å²) >= 11 is 0. The first-order valence-corrected chi connectivity index (χ1v) is 39.9. The number of hydrogen-bond acceptors (Lipinski definition) is 22. The Morgan fingerprint density at radius 1 is 0.422 bits per heavy atom. The number of carboxylic acid groups (broad SMARTS) is 2. The van der Waals surface area contributed by atoms with Crippen molar-refractivity contribution >= 4 is 164 Å². The zero-order valence-corrected chi connectivity index (χ0v) is 69.5. The van der Waals surface area contributed by atoms with Gasteiger partial charge in [-0.2, -0.15) is 0 Å². The molecule has 0 radical (unpaired) electrons. The highest BCUT2D eigenvalue weighted by Gasteiger charge is 2.30. The fourth-order valence-corrected chi connectivity index (χ4v) is 16.4. The molecule has 1 aliphatic heterocycles. The standard InChI is InChI=1S/C25H23N3O6.C25H19N3O4.C24H18N4O4.C24H14N4O2/c1-13-3-5-15(19(26)7-13)9-22(30)18-10-17(25(32)33)16(11-23(18)34-12-29)24(31)28-21-6-4-14(2)8-20(21)27;1-13-3-5-19-15(7-13)9-21(26-19)16-11-23(32-12-29)18(10-17(16)25(30)31)24-27-20-6-4-14(2)8-22(20)28-24;1-11-3-5-19(17(25)7-11)27-21(29)13-9-15-16(10-14(13)22(27)30)24(32)28(23(15)31)20-6-4-12(2)8-18(20)26;1-11-3-5-17-19(7-11)27-21(25-17)13-9-16-14(10-15(13)23(27)29)22-26-18-6-4-12(2)8-20(18)28(22)24(16)30/h3-8,10-12H,9,26-27H2,1-2H3,(H,28,31)(H,32,33);3-8,10-12H,9H2,1-2H3,(H,27,28)(H,30,31);3-10H,25-26H2,1-2H3;3-10H,1-2H3. The predicted octanol–water partition coefficient (Wildman–Crippen LogP) is 13.6. The first-order chi connectivity index (χ1) is 61.2. The molecule has 0 saturated heterocycles. The van der Waals surface area contributed by atoms with E-state index < -0.39 is 51.4 Å². The molecule has 7 aromatic heterocycles. The van der Waals surface area contributed by atoms with Gasteiger partial charge in [0.2, 0.25) is 0 Å². The molecule has 128 heavy (non-hydrogen) atoms. The summed E-state index contributed by atoms with van der Waals surface area (Å²) in [5, 5.41) is 24.9. The summed E-state index contributed by atoms with van der Waals surface area (Å²) in [6.07, 6.45) is 0.340. The topological polar surface area (TPSA) is 465 Å². The van der Waals surface area contributed by atoms with E-state index in [9.17, 15) is 67.7 Å². The molecule has 1 aliphatic rings. The molecule has 0 bridgehead atoms. The van der Waals surface area contributed by atoms with Crippen LogP contribution >= 0.6 is 0 Å². The Hall–Kier alpha value is -17.4. The van der Waals surface area contributed by atoms with Crippen LogP contribution in [0.25, 0.3) is 110 Å². The number of aromatic carboxylic acids is 2. The molecular formula is C98H74N14O16. The van der Waals surface area contributed by atoms with Crippen LogP contribution in [0.2, 0.25) is 0 Å². The van der Waals surface area contributed by atoms with Gasteiger partial charge < -0.3 is 52.9 Å². The number of carbonyl (C=O) groups is 6. The molecule has 0 aliphatic carbocycles. The average Bonchev–Trinajstić information content (AvgIpc) is 1.54. The molecule has 30 heteroatoms. The van der Waals surface area contributed by atoms with E-state index >= 15 is 0 Å². The Morgan fingerprint density at radius 3 is 1.38 bits per heavy atom. The van der Waals surface area contributed by atoms with Gasteiger partial charge in [-0.3, -0.25) is 61.7 Å². The highest BCUT2D eigenvalue weighted by atomic mass is 16.5. The normalized spacial score (nSPS) is 11.7. The number of fused-ring (bicyclic) bond motifs is 14. The fraction of sp³-hybridized carbons (Fsp3) is 0.102. The van der Waals surface area contributed by atoms with Gasteiger partial charge >= 0.3 is 11.9 Å². The third-order valence-electron chi connectivity index (χ3n) is 22.6. The predicted molar refractivity (Wildman–Crippen MR) is 492 cm³/mol. The lowest BCUT2D eigenvalue weighted by molar-refractivity contribution is -0.121. The molecule has 12 aromatic carbocycles. The summed E-state index contributed by atoms with van der Waals surface area (Å²) < 4.78 is 15.4. The van der Waals surface area contributed by atoms with Crippen molar-refractivity contribution in [3.8, 4) is 34.3 Å². The number of rotatable bonds is 15. The van der Waals surface area contributed by atoms with Gasteiger partial charge in [0.25, 0.3) is 52.2 Å². The molecule has 20 rings (SSSR count). The Balaban J connectivity index is 0.000000120. The molecule has 0 atom stereocenters. The minimum Gasteiger partial charge on any atom is -0.478 e. The van der Waals surface area contributed by atoms with Crippen LogP contribution in [0.5, 0.6) is 11.5 Å². The maximum absolute atomic E-state index is 13.3. The number of carbonyl (C=O) groups excluding carboxylic acids is 4. The number of aryl methyl sites for hydroxylation is 8.